The highest BCUT2D eigenvalue weighted by atomic mass is 35.5. The molecule has 0 spiro atoms. The highest BCUT2D eigenvalue weighted by Crippen LogP contribution is 2.24. The van der Waals surface area contributed by atoms with Gasteiger partial charge in [-0.15, -0.1) is 5.10 Å². The number of hydrogen-bond acceptors (Lipinski definition) is 4. The number of nitrogens with zero attached hydrogens (tertiary/aromatic N) is 3. The molecule has 2 aromatic carbocycles. The van der Waals surface area contributed by atoms with Gasteiger partial charge in [0.25, 0.3) is 0 Å². The number of hydrogen-bond donors (Lipinski definition) is 2. The van der Waals surface area contributed by atoms with Crippen molar-refractivity contribution >= 4 is 23.2 Å². The van der Waals surface area contributed by atoms with Crippen molar-refractivity contribution in [3.63, 3.8) is 0 Å². The molecule has 5 nitrogen and oxygen atoms in total. The number of rotatable bonds is 3. The van der Waals surface area contributed by atoms with Crippen LogP contribution in [0, 0.1) is 0 Å². The van der Waals surface area contributed by atoms with Crippen molar-refractivity contribution in [3.05, 3.63) is 58.6 Å². The first-order chi connectivity index (χ1) is 11.7. The van der Waals surface area contributed by atoms with Crippen LogP contribution in [0.3, 0.4) is 0 Å². The fourth-order valence-electron chi connectivity index (χ4n) is 2.89. The molecule has 1 aliphatic heterocycles. The Balaban J connectivity index is 1.62. The molecule has 1 aliphatic rings. The number of fused-ring (bicyclic) bond motifs is 1. The van der Waals surface area contributed by atoms with Gasteiger partial charge in [-0.25, -0.2) is 4.68 Å². The summed E-state index contributed by atoms with van der Waals surface area (Å²) >= 11 is 5.92. The van der Waals surface area contributed by atoms with Crippen molar-refractivity contribution < 1.29 is 0 Å². The average Bonchev–Trinajstić information content (AvgIpc) is 2.97. The first-order valence-electron chi connectivity index (χ1n) is 7.95. The SMILES string of the molecule is Cn1nc(-c2ccc3c(c2)CCNC3)nc1Nc1ccc(Cl)cc1. The second-order valence-corrected chi connectivity index (χ2v) is 6.36. The number of benzene rings is 2. The molecule has 6 heteroatoms. The summed E-state index contributed by atoms with van der Waals surface area (Å²) in [5.41, 5.74) is 4.72. The van der Waals surface area contributed by atoms with Gasteiger partial charge >= 0.3 is 0 Å². The van der Waals surface area contributed by atoms with E-state index < -0.39 is 0 Å². The zero-order valence-corrected chi connectivity index (χ0v) is 14.1. The Morgan fingerprint density at radius 2 is 1.96 bits per heavy atom. The maximum Gasteiger partial charge on any atom is 0.225 e. The van der Waals surface area contributed by atoms with Gasteiger partial charge in [-0.1, -0.05) is 23.7 Å². The van der Waals surface area contributed by atoms with Gasteiger partial charge in [0.15, 0.2) is 5.82 Å². The third-order valence-corrected chi connectivity index (χ3v) is 4.47. The van der Waals surface area contributed by atoms with Crippen LogP contribution in [0.4, 0.5) is 11.6 Å². The Morgan fingerprint density at radius 1 is 1.12 bits per heavy atom. The molecule has 0 atom stereocenters. The van der Waals surface area contributed by atoms with Gasteiger partial charge in [0, 0.05) is 29.9 Å². The van der Waals surface area contributed by atoms with Crippen molar-refractivity contribution in [2.75, 3.05) is 11.9 Å². The second-order valence-electron chi connectivity index (χ2n) is 5.92. The van der Waals surface area contributed by atoms with E-state index in [2.05, 4.69) is 38.9 Å². The molecule has 0 saturated heterocycles. The lowest BCUT2D eigenvalue weighted by molar-refractivity contribution is 0.644. The molecule has 24 heavy (non-hydrogen) atoms. The number of aromatic nitrogens is 3. The largest absolute Gasteiger partial charge is 0.324 e. The highest BCUT2D eigenvalue weighted by molar-refractivity contribution is 6.30. The fourth-order valence-corrected chi connectivity index (χ4v) is 3.02. The molecular formula is C18H18ClN5. The highest BCUT2D eigenvalue weighted by Gasteiger charge is 2.13. The Labute approximate surface area is 145 Å². The van der Waals surface area contributed by atoms with E-state index in [1.165, 1.54) is 11.1 Å². The van der Waals surface area contributed by atoms with E-state index in [4.69, 9.17) is 11.6 Å². The molecule has 122 valence electrons. The first-order valence-corrected chi connectivity index (χ1v) is 8.33. The zero-order chi connectivity index (χ0) is 16.5. The molecule has 0 radical (unpaired) electrons. The van der Waals surface area contributed by atoms with Gasteiger partial charge in [-0.3, -0.25) is 0 Å². The van der Waals surface area contributed by atoms with Gasteiger partial charge in [0.05, 0.1) is 0 Å². The van der Waals surface area contributed by atoms with E-state index >= 15 is 0 Å². The minimum atomic E-state index is 0.701. The van der Waals surface area contributed by atoms with E-state index in [0.717, 1.165) is 36.6 Å². The van der Waals surface area contributed by atoms with E-state index in [-0.39, 0.29) is 0 Å². The van der Waals surface area contributed by atoms with Crippen LogP contribution in [-0.2, 0) is 20.0 Å². The van der Waals surface area contributed by atoms with Gasteiger partial charge in [-0.2, -0.15) is 4.98 Å². The minimum absolute atomic E-state index is 0.701. The van der Waals surface area contributed by atoms with E-state index in [1.807, 2.05) is 31.3 Å². The van der Waals surface area contributed by atoms with E-state index in [0.29, 0.717) is 11.0 Å². The molecule has 2 N–H and O–H groups in total. The molecule has 3 aromatic rings. The molecule has 0 amide bonds. The Bertz CT molecular complexity index is 870. The third kappa shape index (κ3) is 3.00. The topological polar surface area (TPSA) is 54.8 Å². The number of halogens is 1. The Kier molecular flexibility index (Phi) is 3.96. The Hall–Kier alpha value is -2.37. The van der Waals surface area contributed by atoms with Gasteiger partial charge in [0.1, 0.15) is 0 Å². The van der Waals surface area contributed by atoms with Crippen LogP contribution in [0.25, 0.3) is 11.4 Å². The molecular weight excluding hydrogens is 322 g/mol. The molecule has 1 aromatic heterocycles. The average molecular weight is 340 g/mol. The minimum Gasteiger partial charge on any atom is -0.324 e. The Morgan fingerprint density at radius 3 is 2.79 bits per heavy atom. The van der Waals surface area contributed by atoms with Crippen molar-refractivity contribution in [3.8, 4) is 11.4 Å². The molecule has 2 heterocycles. The lowest BCUT2D eigenvalue weighted by atomic mass is 9.98. The number of aryl methyl sites for hydroxylation is 1. The summed E-state index contributed by atoms with van der Waals surface area (Å²) in [5, 5.41) is 11.9. The monoisotopic (exact) mass is 339 g/mol. The summed E-state index contributed by atoms with van der Waals surface area (Å²) in [6.45, 7) is 1.96. The van der Waals surface area contributed by atoms with Crippen LogP contribution >= 0.6 is 11.6 Å². The van der Waals surface area contributed by atoms with Crippen molar-refractivity contribution in [2.24, 2.45) is 7.05 Å². The van der Waals surface area contributed by atoms with E-state index in [9.17, 15) is 0 Å². The lowest BCUT2D eigenvalue weighted by Gasteiger charge is -2.17. The van der Waals surface area contributed by atoms with Crippen LogP contribution in [-0.4, -0.2) is 21.3 Å². The van der Waals surface area contributed by atoms with Crippen LogP contribution in [0.5, 0.6) is 0 Å². The van der Waals surface area contributed by atoms with Gasteiger partial charge in [0.2, 0.25) is 5.95 Å². The molecule has 0 saturated carbocycles. The number of nitrogens with one attached hydrogen (secondary N) is 2. The maximum absolute atomic E-state index is 5.92. The third-order valence-electron chi connectivity index (χ3n) is 4.21. The quantitative estimate of drug-likeness (QED) is 0.766. The lowest BCUT2D eigenvalue weighted by Crippen LogP contribution is -2.23. The molecule has 0 aliphatic carbocycles. The van der Waals surface area contributed by atoms with E-state index in [1.54, 1.807) is 4.68 Å². The molecule has 0 fully saturated rings. The molecule has 4 rings (SSSR count). The van der Waals surface area contributed by atoms with Crippen LogP contribution in [0.1, 0.15) is 11.1 Å². The maximum atomic E-state index is 5.92. The van der Waals surface area contributed by atoms with Crippen LogP contribution < -0.4 is 10.6 Å². The normalized spacial score (nSPS) is 13.6. The summed E-state index contributed by atoms with van der Waals surface area (Å²) in [4.78, 5) is 4.64. The van der Waals surface area contributed by atoms with Crippen molar-refractivity contribution in [1.29, 1.82) is 0 Å². The molecule has 0 bridgehead atoms. The zero-order valence-electron chi connectivity index (χ0n) is 13.4. The predicted molar refractivity (Wildman–Crippen MR) is 96.6 cm³/mol. The summed E-state index contributed by atoms with van der Waals surface area (Å²) in [6, 6.07) is 14.0. The van der Waals surface area contributed by atoms with Crippen LogP contribution in [0.2, 0.25) is 5.02 Å². The summed E-state index contributed by atoms with van der Waals surface area (Å²) in [5.74, 6) is 1.43. The summed E-state index contributed by atoms with van der Waals surface area (Å²) < 4.78 is 1.75. The van der Waals surface area contributed by atoms with Crippen molar-refractivity contribution in [1.82, 2.24) is 20.1 Å². The standard InChI is InChI=1S/C18H18ClN5/c1-24-18(21-16-6-4-15(19)5-7-16)22-17(23-24)13-2-3-14-11-20-9-8-12(14)10-13/h2-7,10,20H,8-9,11H2,1H3,(H,21,22,23). The van der Waals surface area contributed by atoms with Crippen LogP contribution in [0.15, 0.2) is 42.5 Å². The second kappa shape index (κ2) is 6.26. The van der Waals surface area contributed by atoms with Gasteiger partial charge in [-0.05, 0) is 54.4 Å². The predicted octanol–water partition coefficient (Wildman–Crippen LogP) is 3.52. The summed E-state index contributed by atoms with van der Waals surface area (Å²) in [7, 11) is 1.89. The molecule has 0 unspecified atom stereocenters. The number of anilines is 2. The fraction of sp³-hybridized carbons (Fsp3) is 0.222. The summed E-state index contributed by atoms with van der Waals surface area (Å²) in [6.07, 6.45) is 1.05. The van der Waals surface area contributed by atoms with Gasteiger partial charge < -0.3 is 10.6 Å². The smallest absolute Gasteiger partial charge is 0.225 e. The first kappa shape index (κ1) is 15.2. The van der Waals surface area contributed by atoms with Crippen molar-refractivity contribution in [2.45, 2.75) is 13.0 Å².